The quantitative estimate of drug-likeness (QED) is 0.0353. The zero-order valence-corrected chi connectivity index (χ0v) is 82.3. The highest BCUT2D eigenvalue weighted by molar-refractivity contribution is 5.45. The van der Waals surface area contributed by atoms with Gasteiger partial charge in [0.15, 0.2) is 0 Å². The number of aromatic nitrogens is 5. The topological polar surface area (TPSA) is 196 Å². The molecule has 21 heteroatoms. The molecule has 5 N–H and O–H groups in total. The number of nitrogens with zero attached hydrogens (tertiary/aromatic N) is 7. The Balaban J connectivity index is 0.000000301. The second kappa shape index (κ2) is 45.3. The minimum absolute atomic E-state index is 0.0300. The molecule has 0 bridgehead atoms. The number of rotatable bonds is 27. The van der Waals surface area contributed by atoms with E-state index in [1.807, 2.05) is 51.5 Å². The summed E-state index contributed by atoms with van der Waals surface area (Å²) in [6.45, 7) is 86.6. The molecule has 0 amide bonds. The van der Waals surface area contributed by atoms with Gasteiger partial charge in [-0.3, -0.25) is 4.98 Å². The predicted molar refractivity (Wildman–Crippen MR) is 494 cm³/mol. The maximum absolute atomic E-state index is 13.5. The van der Waals surface area contributed by atoms with Crippen LogP contribution in [0.25, 0.3) is 0 Å². The number of hydrogen-bond acceptors (Lipinski definition) is 19. The number of nitrogens with one attached hydrogen (secondary N) is 5. The van der Waals surface area contributed by atoms with E-state index in [4.69, 9.17) is 33.2 Å². The number of pyridine rings is 3. The molecule has 3 saturated carbocycles. The van der Waals surface area contributed by atoms with Gasteiger partial charge in [-0.15, -0.1) is 0 Å². The van der Waals surface area contributed by atoms with E-state index in [0.29, 0.717) is 74.4 Å². The van der Waals surface area contributed by atoms with Gasteiger partial charge in [0.25, 0.3) is 0 Å². The molecule has 6 heterocycles. The molecule has 0 aromatic carbocycles. The van der Waals surface area contributed by atoms with E-state index in [1.54, 1.807) is 12.4 Å². The molecule has 5 aliphatic rings. The van der Waals surface area contributed by atoms with Crippen molar-refractivity contribution in [1.82, 2.24) is 51.5 Å². The van der Waals surface area contributed by atoms with Crippen LogP contribution < -0.4 is 50.6 Å². The number of hydrogen-bond donors (Lipinski definition) is 5. The van der Waals surface area contributed by atoms with Crippen LogP contribution in [0, 0.1) is 16.2 Å². The average Bonchev–Trinajstić information content (AvgIpc) is 0.968. The second-order valence-corrected chi connectivity index (χ2v) is 47.1. The van der Waals surface area contributed by atoms with E-state index < -0.39 is 5.92 Å². The van der Waals surface area contributed by atoms with Gasteiger partial charge in [-0.05, 0) is 245 Å². The van der Waals surface area contributed by atoms with E-state index >= 15 is 0 Å². The molecule has 0 radical (unpaired) electrons. The zero-order valence-electron chi connectivity index (χ0n) is 82.3. The van der Waals surface area contributed by atoms with E-state index in [-0.39, 0.29) is 97.4 Å². The maximum atomic E-state index is 13.5. The van der Waals surface area contributed by atoms with Gasteiger partial charge in [0.1, 0.15) is 29.6 Å². The van der Waals surface area contributed by atoms with Crippen molar-refractivity contribution in [3.8, 4) is 17.5 Å². The molecule has 1 unspecified atom stereocenters. The van der Waals surface area contributed by atoms with Crippen LogP contribution in [-0.4, -0.2) is 185 Å². The Morgan fingerprint density at radius 3 is 1.37 bits per heavy atom. The van der Waals surface area contributed by atoms with Crippen LogP contribution >= 0.6 is 0 Å². The molecule has 4 aromatic heterocycles. The molecule has 5 fully saturated rings. The van der Waals surface area contributed by atoms with E-state index in [0.717, 1.165) is 114 Å². The molecule has 1 atom stereocenters. The number of alkyl halides is 2. The Morgan fingerprint density at radius 2 is 0.916 bits per heavy atom. The minimum Gasteiger partial charge on any atom is -0.491 e. The van der Waals surface area contributed by atoms with Crippen molar-refractivity contribution >= 4 is 11.6 Å². The van der Waals surface area contributed by atoms with Crippen molar-refractivity contribution in [2.24, 2.45) is 16.2 Å². The van der Waals surface area contributed by atoms with Crippen molar-refractivity contribution in [1.29, 1.82) is 0 Å². The summed E-state index contributed by atoms with van der Waals surface area (Å²) in [7, 11) is 0. The molecule has 2 saturated heterocycles. The summed E-state index contributed by atoms with van der Waals surface area (Å²) in [5.41, 5.74) is 5.10. The third-order valence-electron chi connectivity index (χ3n) is 19.8. The van der Waals surface area contributed by atoms with Crippen LogP contribution in [0.15, 0.2) is 67.4 Å². The fourth-order valence-electron chi connectivity index (χ4n) is 13.5. The van der Waals surface area contributed by atoms with E-state index in [1.165, 1.54) is 17.5 Å². The fraction of sp³-hybridized carbons (Fsp3) is 0.806. The fourth-order valence-corrected chi connectivity index (χ4v) is 13.5. The molecule has 0 spiro atoms. The Labute approximate surface area is 725 Å². The van der Waals surface area contributed by atoms with Gasteiger partial charge in [0, 0.05) is 121 Å². The summed E-state index contributed by atoms with van der Waals surface area (Å²) in [4.78, 5) is 27.0. The Kier molecular flexibility index (Phi) is 40.5. The first-order chi connectivity index (χ1) is 54.1. The lowest BCUT2D eigenvalue weighted by Gasteiger charge is -2.43. The van der Waals surface area contributed by atoms with Crippen LogP contribution in [0.3, 0.4) is 0 Å². The van der Waals surface area contributed by atoms with Gasteiger partial charge < -0.3 is 69.5 Å². The molecule has 119 heavy (non-hydrogen) atoms. The van der Waals surface area contributed by atoms with Gasteiger partial charge in [-0.1, -0.05) is 131 Å². The minimum atomic E-state index is -2.59. The van der Waals surface area contributed by atoms with Crippen LogP contribution in [-0.2, 0) is 35.2 Å². The molecular weight excluding hydrogens is 1500 g/mol. The zero-order chi connectivity index (χ0) is 90.2. The summed E-state index contributed by atoms with van der Waals surface area (Å²) < 4.78 is 66.9. The van der Waals surface area contributed by atoms with Crippen molar-refractivity contribution in [3.63, 3.8) is 0 Å². The lowest BCUT2D eigenvalue weighted by Crippen LogP contribution is -2.62. The van der Waals surface area contributed by atoms with Crippen LogP contribution in [0.1, 0.15) is 337 Å². The molecular formula is C98H176F2N12O7. The van der Waals surface area contributed by atoms with Gasteiger partial charge in [-0.25, -0.2) is 28.7 Å². The van der Waals surface area contributed by atoms with E-state index in [9.17, 15) is 8.78 Å². The van der Waals surface area contributed by atoms with E-state index in [2.05, 4.69) is 314 Å². The molecule has 684 valence electrons. The van der Waals surface area contributed by atoms with Crippen LogP contribution in [0.5, 0.6) is 17.5 Å². The first-order valence-electron chi connectivity index (χ1n) is 45.0. The average molecular weight is 1670 g/mol. The van der Waals surface area contributed by atoms with Crippen molar-refractivity contribution in [2.45, 2.75) is 424 Å². The lowest BCUT2D eigenvalue weighted by molar-refractivity contribution is -0.110. The van der Waals surface area contributed by atoms with Gasteiger partial charge in [-0.2, -0.15) is 0 Å². The van der Waals surface area contributed by atoms with Gasteiger partial charge >= 0.3 is 0 Å². The van der Waals surface area contributed by atoms with Crippen molar-refractivity contribution in [2.75, 3.05) is 82.2 Å². The largest absolute Gasteiger partial charge is 0.491 e. The number of anilines is 2. The highest BCUT2D eigenvalue weighted by Crippen LogP contribution is 2.35. The Morgan fingerprint density at radius 1 is 0.403 bits per heavy atom. The molecule has 4 aromatic rings. The predicted octanol–water partition coefficient (Wildman–Crippen LogP) is 21.2. The maximum Gasteiger partial charge on any atom is 0.250 e. The standard InChI is InChI=1S/C18H30N2O2.C17H29N3.C17H35NO3.C16H27N3O.C16H27N3.C14H28F2O/c1-17(2,3)12-21-14-7-8-16(19-11-14)22-15-9-13(10-15)20-18(4,5)6;1-16(2,3)13-7-9-18-15(11-13)20-10-8-14(12-20)19-17(4,5)6;1-16(2,3)13-19-9-10-21-15-11-14(12-15)20-8-7-18-17(4,5)6;1-15(2,3)13-9-18-14(10-17-13)20-12-7-11(8-12)19-16(4,5)6;1-15(2,3)12-7-8-14(17-9-12)19-10-13(11-19)18-16(4,5)6;1-12(2,3)8-7-9-14(15,16)10-11-17-13(4,5)6/h7-8,11,13,15,20H,9-10,12H2,1-6H3;7,9,11,14,19H,8,10,12H2,1-6H3;14-15,18H,7-13H2,1-6H3;9-12,19H,7-8H2,1-6H3;7-9,13,18H,10-11H2,1-6H3;7-11H2,1-6H3. The smallest absolute Gasteiger partial charge is 0.250 e. The monoisotopic (exact) mass is 1670 g/mol. The molecule has 3 aliphatic carbocycles. The highest BCUT2D eigenvalue weighted by atomic mass is 19.3. The summed E-state index contributed by atoms with van der Waals surface area (Å²) in [6.07, 6.45) is 19.2. The summed E-state index contributed by atoms with van der Waals surface area (Å²) >= 11 is 0. The second-order valence-electron chi connectivity index (χ2n) is 47.1. The lowest BCUT2D eigenvalue weighted by atomic mass is 9.87. The van der Waals surface area contributed by atoms with Crippen molar-refractivity contribution in [3.05, 3.63) is 84.2 Å². The third kappa shape index (κ3) is 48.8. The highest BCUT2D eigenvalue weighted by Gasteiger charge is 2.37. The van der Waals surface area contributed by atoms with Gasteiger partial charge in [0.2, 0.25) is 17.7 Å². The molecule has 2 aliphatic heterocycles. The van der Waals surface area contributed by atoms with Gasteiger partial charge in [0.05, 0.1) is 81.7 Å². The SMILES string of the molecule is CC(C)(C)CCCC(F)(F)CCOC(C)(C)C.CC(C)(C)COCCOC1CC(OCCNC(C)(C)C)C1.CC(C)(C)COc1ccc(OC2CC(NC(C)(C)C)C2)nc1.CC(C)(C)NC1CC(Oc2cnc(C(C)(C)C)cn2)C1.CC(C)(C)NC1CCN(c2cc(C(C)(C)C)ccn2)C1.CC(C)(C)NC1CN(c2ccc(C(C)(C)C)cn2)C1. The normalized spacial score (nSPS) is 20.3. The summed E-state index contributed by atoms with van der Waals surface area (Å²) in [6, 6.07) is 14.8. The number of halogens is 2. The Bertz CT molecular complexity index is 3420. The third-order valence-corrected chi connectivity index (χ3v) is 19.8. The van der Waals surface area contributed by atoms with Crippen molar-refractivity contribution < 1.29 is 41.9 Å². The first-order valence-corrected chi connectivity index (χ1v) is 45.0. The van der Waals surface area contributed by atoms with Crippen LogP contribution in [0.2, 0.25) is 0 Å². The summed E-state index contributed by atoms with van der Waals surface area (Å²) in [5, 5.41) is 17.9. The molecule has 9 rings (SSSR count). The van der Waals surface area contributed by atoms with Crippen LogP contribution in [0.4, 0.5) is 20.4 Å². The molecule has 19 nitrogen and oxygen atoms in total. The summed E-state index contributed by atoms with van der Waals surface area (Å²) in [5.74, 6) is 1.74. The number of ether oxygens (including phenoxy) is 7. The Hall–Kier alpha value is -4.97. The first kappa shape index (κ1) is 106.